The van der Waals surface area contributed by atoms with Crippen molar-refractivity contribution in [2.24, 2.45) is 0 Å². The molecule has 0 aliphatic carbocycles. The van der Waals surface area contributed by atoms with Crippen LogP contribution in [0.5, 0.6) is 0 Å². The molecule has 4 aromatic rings. The van der Waals surface area contributed by atoms with E-state index in [4.69, 9.17) is 0 Å². The Morgan fingerprint density at radius 3 is 1.60 bits per heavy atom. The lowest BCUT2D eigenvalue weighted by molar-refractivity contribution is 0.590. The van der Waals surface area contributed by atoms with Crippen LogP contribution in [0.1, 0.15) is 26.3 Å². The van der Waals surface area contributed by atoms with Crippen LogP contribution in [0.15, 0.2) is 109 Å². The zero-order valence-corrected chi connectivity index (χ0v) is 17.8. The van der Waals surface area contributed by atoms with Crippen molar-refractivity contribution in [1.29, 1.82) is 0 Å². The molecular formula is C28H28N2. The van der Waals surface area contributed by atoms with Gasteiger partial charge in [-0.1, -0.05) is 75.4 Å². The Hall–Kier alpha value is -3.52. The number of hydrogen-bond donors (Lipinski definition) is 1. The Morgan fingerprint density at radius 2 is 1.07 bits per heavy atom. The summed E-state index contributed by atoms with van der Waals surface area (Å²) in [6.07, 6.45) is 0. The zero-order valence-electron chi connectivity index (χ0n) is 17.8. The summed E-state index contributed by atoms with van der Waals surface area (Å²) >= 11 is 0. The summed E-state index contributed by atoms with van der Waals surface area (Å²) in [5, 5.41) is 3.55. The Morgan fingerprint density at radius 1 is 0.533 bits per heavy atom. The largest absolute Gasteiger partial charge is 0.355 e. The van der Waals surface area contributed by atoms with Gasteiger partial charge in [-0.25, -0.2) is 0 Å². The Balaban J connectivity index is 1.65. The fourth-order valence-electron chi connectivity index (χ4n) is 3.54. The van der Waals surface area contributed by atoms with E-state index in [1.165, 1.54) is 5.56 Å². The van der Waals surface area contributed by atoms with Gasteiger partial charge in [-0.3, -0.25) is 0 Å². The first-order valence-corrected chi connectivity index (χ1v) is 10.4. The van der Waals surface area contributed by atoms with Crippen molar-refractivity contribution in [2.75, 3.05) is 10.2 Å². The fraction of sp³-hybridized carbons (Fsp3) is 0.143. The maximum atomic E-state index is 3.55. The predicted octanol–water partition coefficient (Wildman–Crippen LogP) is 8.20. The Kier molecular flexibility index (Phi) is 5.58. The van der Waals surface area contributed by atoms with Crippen LogP contribution in [0, 0.1) is 0 Å². The van der Waals surface area contributed by atoms with E-state index in [1.54, 1.807) is 0 Å². The van der Waals surface area contributed by atoms with E-state index in [0.717, 1.165) is 28.4 Å². The number of anilines is 5. The number of para-hydroxylation sites is 2. The molecule has 0 bridgehead atoms. The summed E-state index contributed by atoms with van der Waals surface area (Å²) in [5.74, 6) is 0. The molecule has 30 heavy (non-hydrogen) atoms. The lowest BCUT2D eigenvalue weighted by Gasteiger charge is -2.26. The molecule has 0 spiro atoms. The second-order valence-corrected chi connectivity index (χ2v) is 8.51. The van der Waals surface area contributed by atoms with Crippen molar-refractivity contribution in [3.8, 4) is 0 Å². The minimum absolute atomic E-state index is 0.157. The third-order valence-corrected chi connectivity index (χ3v) is 5.17. The van der Waals surface area contributed by atoms with Gasteiger partial charge in [0, 0.05) is 28.4 Å². The number of nitrogens with zero attached hydrogens (tertiary/aromatic N) is 1. The highest BCUT2D eigenvalue weighted by Gasteiger charge is 2.14. The molecule has 4 aromatic carbocycles. The summed E-state index contributed by atoms with van der Waals surface area (Å²) in [4.78, 5) is 2.27. The van der Waals surface area contributed by atoms with Gasteiger partial charge in [-0.2, -0.15) is 0 Å². The van der Waals surface area contributed by atoms with E-state index in [9.17, 15) is 0 Å². The first-order chi connectivity index (χ1) is 14.5. The lowest BCUT2D eigenvalue weighted by Crippen LogP contribution is -2.10. The average molecular weight is 393 g/mol. The van der Waals surface area contributed by atoms with Crippen LogP contribution in [-0.2, 0) is 5.41 Å². The van der Waals surface area contributed by atoms with Crippen LogP contribution in [0.3, 0.4) is 0 Å². The van der Waals surface area contributed by atoms with Crippen LogP contribution in [0.25, 0.3) is 0 Å². The van der Waals surface area contributed by atoms with E-state index in [2.05, 4.69) is 128 Å². The van der Waals surface area contributed by atoms with Gasteiger partial charge in [-0.05, 0) is 65.6 Å². The zero-order chi connectivity index (χ0) is 21.0. The maximum Gasteiger partial charge on any atom is 0.0482 e. The molecule has 0 radical (unpaired) electrons. The van der Waals surface area contributed by atoms with Crippen LogP contribution >= 0.6 is 0 Å². The monoisotopic (exact) mass is 392 g/mol. The van der Waals surface area contributed by atoms with Crippen molar-refractivity contribution in [3.05, 3.63) is 115 Å². The number of rotatable bonds is 5. The van der Waals surface area contributed by atoms with Gasteiger partial charge < -0.3 is 10.2 Å². The van der Waals surface area contributed by atoms with Gasteiger partial charge in [-0.15, -0.1) is 0 Å². The topological polar surface area (TPSA) is 15.3 Å². The molecule has 150 valence electrons. The fourth-order valence-corrected chi connectivity index (χ4v) is 3.54. The van der Waals surface area contributed by atoms with E-state index >= 15 is 0 Å². The SMILES string of the molecule is CC(C)(C)c1ccc(Nc2cccc(N(c3ccccc3)c3ccccc3)c2)cc1. The normalized spacial score (nSPS) is 11.2. The second-order valence-electron chi connectivity index (χ2n) is 8.51. The minimum Gasteiger partial charge on any atom is -0.355 e. The van der Waals surface area contributed by atoms with Crippen molar-refractivity contribution in [2.45, 2.75) is 26.2 Å². The summed E-state index contributed by atoms with van der Waals surface area (Å²) in [5.41, 5.74) is 7.03. The molecule has 2 heteroatoms. The lowest BCUT2D eigenvalue weighted by atomic mass is 9.87. The maximum absolute atomic E-state index is 3.55. The van der Waals surface area contributed by atoms with Gasteiger partial charge >= 0.3 is 0 Å². The van der Waals surface area contributed by atoms with Crippen molar-refractivity contribution in [3.63, 3.8) is 0 Å². The summed E-state index contributed by atoms with van der Waals surface area (Å²) < 4.78 is 0. The summed E-state index contributed by atoms with van der Waals surface area (Å²) in [6, 6.07) is 38.2. The molecule has 1 N–H and O–H groups in total. The average Bonchev–Trinajstić information content (AvgIpc) is 2.76. The van der Waals surface area contributed by atoms with Crippen molar-refractivity contribution >= 4 is 28.4 Å². The number of nitrogens with one attached hydrogen (secondary N) is 1. The van der Waals surface area contributed by atoms with Gasteiger partial charge in [0.25, 0.3) is 0 Å². The minimum atomic E-state index is 0.157. The third-order valence-electron chi connectivity index (χ3n) is 5.17. The molecule has 0 fully saturated rings. The third kappa shape index (κ3) is 4.55. The van der Waals surface area contributed by atoms with Gasteiger partial charge in [0.15, 0.2) is 0 Å². The smallest absolute Gasteiger partial charge is 0.0482 e. The molecule has 0 aliphatic heterocycles. The Bertz CT molecular complexity index is 1040. The highest BCUT2D eigenvalue weighted by atomic mass is 15.1. The summed E-state index contributed by atoms with van der Waals surface area (Å²) in [6.45, 7) is 6.71. The van der Waals surface area contributed by atoms with Crippen LogP contribution in [0.4, 0.5) is 28.4 Å². The second kappa shape index (κ2) is 8.46. The molecule has 0 aromatic heterocycles. The highest BCUT2D eigenvalue weighted by Crippen LogP contribution is 2.35. The van der Waals surface area contributed by atoms with Gasteiger partial charge in [0.05, 0.1) is 0 Å². The molecule has 0 saturated carbocycles. The van der Waals surface area contributed by atoms with E-state index in [0.29, 0.717) is 0 Å². The Labute approximate surface area is 179 Å². The standard InChI is InChI=1S/C28H28N2/c1-28(2,3)22-17-19-23(20-18-22)29-24-11-10-16-27(21-24)30(25-12-6-4-7-13-25)26-14-8-5-9-15-26/h4-21,29H,1-3H3. The predicted molar refractivity (Wildman–Crippen MR) is 130 cm³/mol. The molecular weight excluding hydrogens is 364 g/mol. The van der Waals surface area contributed by atoms with E-state index < -0.39 is 0 Å². The molecule has 0 aliphatic rings. The highest BCUT2D eigenvalue weighted by molar-refractivity contribution is 5.78. The van der Waals surface area contributed by atoms with Gasteiger partial charge in [0.1, 0.15) is 0 Å². The van der Waals surface area contributed by atoms with Crippen LogP contribution < -0.4 is 10.2 Å². The van der Waals surface area contributed by atoms with Crippen LogP contribution in [0.2, 0.25) is 0 Å². The first-order valence-electron chi connectivity index (χ1n) is 10.4. The summed E-state index contributed by atoms with van der Waals surface area (Å²) in [7, 11) is 0. The number of benzene rings is 4. The van der Waals surface area contributed by atoms with E-state index in [-0.39, 0.29) is 5.41 Å². The number of hydrogen-bond acceptors (Lipinski definition) is 2. The molecule has 0 atom stereocenters. The van der Waals surface area contributed by atoms with Crippen molar-refractivity contribution < 1.29 is 0 Å². The molecule has 0 heterocycles. The molecule has 0 unspecified atom stereocenters. The molecule has 0 saturated heterocycles. The molecule has 2 nitrogen and oxygen atoms in total. The van der Waals surface area contributed by atoms with Crippen molar-refractivity contribution in [1.82, 2.24) is 0 Å². The first kappa shape index (κ1) is 19.8. The quantitative estimate of drug-likeness (QED) is 0.368. The molecule has 0 amide bonds. The van der Waals surface area contributed by atoms with Crippen LogP contribution in [-0.4, -0.2) is 0 Å². The van der Waals surface area contributed by atoms with E-state index in [1.807, 2.05) is 12.1 Å². The van der Waals surface area contributed by atoms with Gasteiger partial charge in [0.2, 0.25) is 0 Å². The molecule has 4 rings (SSSR count).